The lowest BCUT2D eigenvalue weighted by Gasteiger charge is -2.28. The number of nitrogens with zero attached hydrogens (tertiary/aromatic N) is 1. The summed E-state index contributed by atoms with van der Waals surface area (Å²) < 4.78 is 68.0. The number of benzene rings is 2. The number of carbonyl (C=O) groups is 2. The Morgan fingerprint density at radius 2 is 1.68 bits per heavy atom. The molecule has 1 amide bonds. The van der Waals surface area contributed by atoms with E-state index in [0.29, 0.717) is 0 Å². The number of sulfone groups is 1. The van der Waals surface area contributed by atoms with Crippen LogP contribution in [-0.2, 0) is 32.1 Å². The Bertz CT molecular complexity index is 1050. The number of hydrogen-bond donors (Lipinski definition) is 0. The predicted molar refractivity (Wildman–Crippen MR) is 106 cm³/mol. The van der Waals surface area contributed by atoms with E-state index in [0.717, 1.165) is 23.8 Å². The molecular weight excluding hydrogens is 435 g/mol. The number of amides is 1. The van der Waals surface area contributed by atoms with Crippen molar-refractivity contribution >= 4 is 21.7 Å². The molecule has 1 unspecified atom stereocenters. The molecule has 1 fully saturated rings. The normalized spacial score (nSPS) is 17.8. The van der Waals surface area contributed by atoms with Gasteiger partial charge in [0.1, 0.15) is 0 Å². The molecule has 0 radical (unpaired) electrons. The number of halogens is 3. The molecule has 2 aromatic carbocycles. The van der Waals surface area contributed by atoms with Crippen LogP contribution >= 0.6 is 0 Å². The van der Waals surface area contributed by atoms with Gasteiger partial charge in [-0.15, -0.1) is 0 Å². The maximum absolute atomic E-state index is 13.1. The highest BCUT2D eigenvalue weighted by Crippen LogP contribution is 2.32. The highest BCUT2D eigenvalue weighted by atomic mass is 32.2. The molecule has 1 saturated heterocycles. The lowest BCUT2D eigenvalue weighted by atomic mass is 10.1. The molecule has 2 aromatic rings. The monoisotopic (exact) mass is 455 g/mol. The van der Waals surface area contributed by atoms with Crippen LogP contribution in [0.4, 0.5) is 13.2 Å². The van der Waals surface area contributed by atoms with Crippen LogP contribution < -0.4 is 0 Å². The van der Waals surface area contributed by atoms with Crippen molar-refractivity contribution in [1.29, 1.82) is 0 Å². The number of hydrogen-bond acceptors (Lipinski definition) is 5. The third-order valence-corrected chi connectivity index (χ3v) is 6.69. The van der Waals surface area contributed by atoms with E-state index in [9.17, 15) is 31.2 Å². The molecule has 10 heteroatoms. The molecule has 1 aliphatic heterocycles. The average Bonchev–Trinajstić information content (AvgIpc) is 3.09. The molecule has 0 bridgehead atoms. The zero-order valence-corrected chi connectivity index (χ0v) is 17.2. The zero-order chi connectivity index (χ0) is 22.6. The Morgan fingerprint density at radius 1 is 1.03 bits per heavy atom. The molecule has 0 aliphatic carbocycles. The Labute approximate surface area is 177 Å². The summed E-state index contributed by atoms with van der Waals surface area (Å²) in [5, 5.41) is 0. The number of rotatable bonds is 6. The zero-order valence-electron chi connectivity index (χ0n) is 16.3. The van der Waals surface area contributed by atoms with Crippen LogP contribution in [0.3, 0.4) is 0 Å². The first-order valence-electron chi connectivity index (χ1n) is 9.44. The summed E-state index contributed by atoms with van der Waals surface area (Å²) in [5.74, 6) is -2.23. The van der Waals surface area contributed by atoms with Gasteiger partial charge >= 0.3 is 12.1 Å². The molecule has 0 N–H and O–H groups in total. The second-order valence-electron chi connectivity index (χ2n) is 7.18. The molecule has 0 saturated carbocycles. The summed E-state index contributed by atoms with van der Waals surface area (Å²) in [6.07, 6.45) is -4.51. The SMILES string of the molecule is O=C(OCC(=O)N(Cc1ccccc1)C1CCS(=O)(=O)C1)c1ccccc1C(F)(F)F. The van der Waals surface area contributed by atoms with E-state index in [1.807, 2.05) is 0 Å². The van der Waals surface area contributed by atoms with E-state index >= 15 is 0 Å². The van der Waals surface area contributed by atoms with Gasteiger partial charge in [-0.05, 0) is 24.1 Å². The van der Waals surface area contributed by atoms with Gasteiger partial charge in [0.25, 0.3) is 5.91 Å². The van der Waals surface area contributed by atoms with Crippen LogP contribution in [0, 0.1) is 0 Å². The Hall–Kier alpha value is -2.88. The quantitative estimate of drug-likeness (QED) is 0.626. The summed E-state index contributed by atoms with van der Waals surface area (Å²) in [6.45, 7) is -0.703. The Kier molecular flexibility index (Phi) is 6.68. The van der Waals surface area contributed by atoms with Gasteiger partial charge in [-0.25, -0.2) is 13.2 Å². The number of esters is 1. The van der Waals surface area contributed by atoms with E-state index < -0.39 is 51.7 Å². The minimum Gasteiger partial charge on any atom is -0.452 e. The first-order valence-corrected chi connectivity index (χ1v) is 11.3. The van der Waals surface area contributed by atoms with Crippen molar-refractivity contribution in [3.05, 3.63) is 71.3 Å². The van der Waals surface area contributed by atoms with Crippen LogP contribution in [0.25, 0.3) is 0 Å². The van der Waals surface area contributed by atoms with Crippen LogP contribution in [-0.4, -0.2) is 49.3 Å². The van der Waals surface area contributed by atoms with Gasteiger partial charge in [-0.1, -0.05) is 42.5 Å². The van der Waals surface area contributed by atoms with Crippen molar-refractivity contribution in [1.82, 2.24) is 4.90 Å². The maximum atomic E-state index is 13.1. The van der Waals surface area contributed by atoms with Crippen LogP contribution in [0.1, 0.15) is 27.9 Å². The van der Waals surface area contributed by atoms with Crippen molar-refractivity contribution in [2.45, 2.75) is 25.2 Å². The van der Waals surface area contributed by atoms with Crippen LogP contribution in [0.2, 0.25) is 0 Å². The number of ether oxygens (including phenoxy) is 1. The standard InChI is InChI=1S/C21H20F3NO5S/c22-21(23,24)18-9-5-4-8-17(18)20(27)30-13-19(26)25(12-15-6-2-1-3-7-15)16-10-11-31(28,29)14-16/h1-9,16H,10-14H2. The smallest absolute Gasteiger partial charge is 0.417 e. The fraction of sp³-hybridized carbons (Fsp3) is 0.333. The van der Waals surface area contributed by atoms with E-state index in [-0.39, 0.29) is 24.5 Å². The van der Waals surface area contributed by atoms with Gasteiger partial charge in [-0.3, -0.25) is 4.79 Å². The molecule has 1 atom stereocenters. The first kappa shape index (κ1) is 22.8. The molecule has 6 nitrogen and oxygen atoms in total. The molecule has 0 spiro atoms. The fourth-order valence-corrected chi connectivity index (χ4v) is 5.15. The molecule has 1 aliphatic rings. The van der Waals surface area contributed by atoms with Crippen molar-refractivity contribution in [3.63, 3.8) is 0 Å². The van der Waals surface area contributed by atoms with E-state index in [1.54, 1.807) is 30.3 Å². The second kappa shape index (κ2) is 9.09. The molecule has 31 heavy (non-hydrogen) atoms. The molecular formula is C21H20F3NO5S. The molecule has 0 aromatic heterocycles. The largest absolute Gasteiger partial charge is 0.452 e. The lowest BCUT2D eigenvalue weighted by Crippen LogP contribution is -2.42. The topological polar surface area (TPSA) is 80.8 Å². The molecule has 166 valence electrons. The van der Waals surface area contributed by atoms with Gasteiger partial charge in [-0.2, -0.15) is 13.2 Å². The highest BCUT2D eigenvalue weighted by Gasteiger charge is 2.37. The first-order chi connectivity index (χ1) is 14.6. The Balaban J connectivity index is 1.74. The third-order valence-electron chi connectivity index (χ3n) is 4.94. The maximum Gasteiger partial charge on any atom is 0.417 e. The van der Waals surface area contributed by atoms with Gasteiger partial charge in [0.05, 0.1) is 22.6 Å². The summed E-state index contributed by atoms with van der Waals surface area (Å²) in [4.78, 5) is 26.3. The summed E-state index contributed by atoms with van der Waals surface area (Å²) in [6, 6.07) is 12.4. The lowest BCUT2D eigenvalue weighted by molar-refractivity contribution is -0.138. The van der Waals surface area contributed by atoms with Gasteiger partial charge < -0.3 is 9.64 Å². The predicted octanol–water partition coefficient (Wildman–Crippen LogP) is 3.08. The highest BCUT2D eigenvalue weighted by molar-refractivity contribution is 7.91. The van der Waals surface area contributed by atoms with E-state index in [1.165, 1.54) is 11.0 Å². The summed E-state index contributed by atoms with van der Waals surface area (Å²) in [5.41, 5.74) is -1.11. The van der Waals surface area contributed by atoms with Gasteiger partial charge in [0.15, 0.2) is 16.4 Å². The minimum absolute atomic E-state index is 0.0605. The Morgan fingerprint density at radius 3 is 2.29 bits per heavy atom. The second-order valence-corrected chi connectivity index (χ2v) is 9.41. The average molecular weight is 455 g/mol. The fourth-order valence-electron chi connectivity index (χ4n) is 3.42. The summed E-state index contributed by atoms with van der Waals surface area (Å²) in [7, 11) is -3.29. The van der Waals surface area contributed by atoms with E-state index in [2.05, 4.69) is 0 Å². The van der Waals surface area contributed by atoms with Crippen molar-refractivity contribution in [2.24, 2.45) is 0 Å². The van der Waals surface area contributed by atoms with Gasteiger partial charge in [0.2, 0.25) is 0 Å². The van der Waals surface area contributed by atoms with Crippen LogP contribution in [0.5, 0.6) is 0 Å². The minimum atomic E-state index is -4.75. The van der Waals surface area contributed by atoms with Crippen molar-refractivity contribution in [3.8, 4) is 0 Å². The third kappa shape index (κ3) is 5.84. The summed E-state index contributed by atoms with van der Waals surface area (Å²) >= 11 is 0. The van der Waals surface area contributed by atoms with E-state index in [4.69, 9.17) is 4.74 Å². The van der Waals surface area contributed by atoms with Crippen molar-refractivity contribution < 1.29 is 35.9 Å². The number of carbonyl (C=O) groups excluding carboxylic acids is 2. The number of alkyl halides is 3. The molecule has 3 rings (SSSR count). The van der Waals surface area contributed by atoms with Gasteiger partial charge in [0, 0.05) is 12.6 Å². The van der Waals surface area contributed by atoms with Crippen LogP contribution in [0.15, 0.2) is 54.6 Å². The molecule has 1 heterocycles. The van der Waals surface area contributed by atoms with Crippen molar-refractivity contribution in [2.75, 3.05) is 18.1 Å².